The lowest BCUT2D eigenvalue weighted by molar-refractivity contribution is -0.178. The molecule has 4 N–H and O–H groups in total. The zero-order valence-electron chi connectivity index (χ0n) is 16.6. The van der Waals surface area contributed by atoms with E-state index in [2.05, 4.69) is 10.6 Å². The Morgan fingerprint density at radius 2 is 2.00 bits per heavy atom. The lowest BCUT2D eigenvalue weighted by Gasteiger charge is -2.58. The van der Waals surface area contributed by atoms with Gasteiger partial charge in [0.15, 0.2) is 0 Å². The molecule has 1 aromatic rings. The summed E-state index contributed by atoms with van der Waals surface area (Å²) >= 11 is 0. The molecule has 1 saturated carbocycles. The van der Waals surface area contributed by atoms with Gasteiger partial charge in [-0.25, -0.2) is 9.18 Å². The molecule has 0 radical (unpaired) electrons. The van der Waals surface area contributed by atoms with Crippen molar-refractivity contribution >= 4 is 17.6 Å². The van der Waals surface area contributed by atoms with Crippen LogP contribution in [0, 0.1) is 11.2 Å². The highest BCUT2D eigenvalue weighted by Crippen LogP contribution is 2.50. The number of benzene rings is 1. The summed E-state index contributed by atoms with van der Waals surface area (Å²) in [6, 6.07) is 5.01. The average Bonchev–Trinajstić information content (AvgIpc) is 3.10. The lowest BCUT2D eigenvalue weighted by atomic mass is 9.54. The van der Waals surface area contributed by atoms with Crippen molar-refractivity contribution in [2.45, 2.75) is 51.3 Å². The molecule has 8 heteroatoms. The second-order valence-corrected chi connectivity index (χ2v) is 8.18. The molecule has 28 heavy (non-hydrogen) atoms. The van der Waals surface area contributed by atoms with E-state index in [-0.39, 0.29) is 29.9 Å². The molecule has 3 atom stereocenters. The maximum Gasteiger partial charge on any atom is 0.319 e. The Morgan fingerprint density at radius 3 is 2.61 bits per heavy atom. The van der Waals surface area contributed by atoms with Gasteiger partial charge in [0.05, 0.1) is 6.10 Å². The summed E-state index contributed by atoms with van der Waals surface area (Å²) in [4.78, 5) is 26.9. The summed E-state index contributed by atoms with van der Waals surface area (Å²) < 4.78 is 18.6. The first kappa shape index (κ1) is 20.5. The maximum absolute atomic E-state index is 13.1. The van der Waals surface area contributed by atoms with Crippen LogP contribution < -0.4 is 16.4 Å². The summed E-state index contributed by atoms with van der Waals surface area (Å²) in [5.41, 5.74) is 5.60. The molecule has 0 bridgehead atoms. The number of hydrogen-bond donors (Lipinski definition) is 3. The number of carbonyl (C=O) groups is 2. The van der Waals surface area contributed by atoms with Gasteiger partial charge < -0.3 is 26.0 Å². The van der Waals surface area contributed by atoms with Gasteiger partial charge in [0.2, 0.25) is 5.91 Å². The molecule has 1 aliphatic carbocycles. The van der Waals surface area contributed by atoms with Crippen LogP contribution in [0.2, 0.25) is 0 Å². The van der Waals surface area contributed by atoms with Crippen LogP contribution in [0.15, 0.2) is 24.3 Å². The number of likely N-dealkylation sites (tertiary alicyclic amines) is 1. The first-order chi connectivity index (χ1) is 13.2. The van der Waals surface area contributed by atoms with Gasteiger partial charge >= 0.3 is 6.03 Å². The van der Waals surface area contributed by atoms with Crippen molar-refractivity contribution in [1.29, 1.82) is 0 Å². The van der Waals surface area contributed by atoms with Gasteiger partial charge in [-0.05, 0) is 37.6 Å². The fourth-order valence-corrected chi connectivity index (χ4v) is 4.03. The van der Waals surface area contributed by atoms with Crippen molar-refractivity contribution in [3.8, 4) is 0 Å². The first-order valence-electron chi connectivity index (χ1n) is 9.70. The lowest BCUT2D eigenvalue weighted by Crippen LogP contribution is -2.76. The number of halogens is 1. The van der Waals surface area contributed by atoms with Crippen molar-refractivity contribution in [3.63, 3.8) is 0 Å². The molecular formula is C20H29FN4O3. The van der Waals surface area contributed by atoms with Crippen LogP contribution in [0.5, 0.6) is 0 Å². The third kappa shape index (κ3) is 3.71. The van der Waals surface area contributed by atoms with Crippen LogP contribution in [0.4, 0.5) is 14.9 Å². The standard InChI is InChI=1S/C20H29FN4O3/c1-4-28-16-11-20(22,19(16,2)3)17(26)25-10-9-15(12-25)24-18(27)23-14-7-5-13(21)6-8-14/h5-8,15-16H,4,9-12,22H2,1-3H3,(H2,23,24,27). The van der Waals surface area contributed by atoms with Crippen LogP contribution in [0.1, 0.15) is 33.6 Å². The normalized spacial score (nSPS) is 28.5. The van der Waals surface area contributed by atoms with E-state index in [0.717, 1.165) is 0 Å². The number of hydrogen-bond acceptors (Lipinski definition) is 4. The summed E-state index contributed by atoms with van der Waals surface area (Å²) in [5, 5.41) is 5.53. The van der Waals surface area contributed by atoms with Crippen LogP contribution in [-0.2, 0) is 9.53 Å². The van der Waals surface area contributed by atoms with E-state index in [9.17, 15) is 14.0 Å². The zero-order chi connectivity index (χ0) is 20.5. The Labute approximate surface area is 164 Å². The monoisotopic (exact) mass is 392 g/mol. The van der Waals surface area contributed by atoms with E-state index in [1.807, 2.05) is 20.8 Å². The Balaban J connectivity index is 1.53. The van der Waals surface area contributed by atoms with Crippen LogP contribution >= 0.6 is 0 Å². The van der Waals surface area contributed by atoms with Gasteiger partial charge in [-0.1, -0.05) is 13.8 Å². The molecule has 3 rings (SSSR count). The van der Waals surface area contributed by atoms with Gasteiger partial charge in [-0.15, -0.1) is 0 Å². The number of ether oxygens (including phenoxy) is 1. The third-order valence-electron chi connectivity index (χ3n) is 6.12. The molecule has 2 aliphatic rings. The number of carbonyl (C=O) groups excluding carboxylic acids is 2. The smallest absolute Gasteiger partial charge is 0.319 e. The first-order valence-corrected chi connectivity index (χ1v) is 9.70. The maximum atomic E-state index is 13.1. The van der Waals surface area contributed by atoms with Gasteiger partial charge in [0.1, 0.15) is 11.4 Å². The van der Waals surface area contributed by atoms with Crippen molar-refractivity contribution in [1.82, 2.24) is 10.2 Å². The highest BCUT2D eigenvalue weighted by molar-refractivity contribution is 5.90. The van der Waals surface area contributed by atoms with Gasteiger partial charge in [0.25, 0.3) is 0 Å². The molecule has 0 spiro atoms. The minimum atomic E-state index is -0.946. The second kappa shape index (κ2) is 7.67. The molecule has 1 aromatic carbocycles. The zero-order valence-corrected chi connectivity index (χ0v) is 16.6. The Bertz CT molecular complexity index is 739. The molecule has 1 aliphatic heterocycles. The topological polar surface area (TPSA) is 96.7 Å². The highest BCUT2D eigenvalue weighted by Gasteiger charge is 2.64. The quantitative estimate of drug-likeness (QED) is 0.715. The van der Waals surface area contributed by atoms with E-state index < -0.39 is 11.0 Å². The molecule has 1 saturated heterocycles. The number of nitrogens with one attached hydrogen (secondary N) is 2. The third-order valence-corrected chi connectivity index (χ3v) is 6.12. The Hall–Kier alpha value is -2.19. The molecule has 1 heterocycles. The van der Waals surface area contributed by atoms with Crippen molar-refractivity contribution in [2.75, 3.05) is 25.0 Å². The fraction of sp³-hybridized carbons (Fsp3) is 0.600. The minimum absolute atomic E-state index is 0.0236. The van der Waals surface area contributed by atoms with Crippen molar-refractivity contribution < 1.29 is 18.7 Å². The summed E-state index contributed by atoms with van der Waals surface area (Å²) in [6.45, 7) is 7.44. The molecule has 0 aromatic heterocycles. The number of rotatable bonds is 5. The van der Waals surface area contributed by atoms with E-state index in [4.69, 9.17) is 10.5 Å². The summed E-state index contributed by atoms with van der Waals surface area (Å²) in [5.74, 6) is -0.450. The Kier molecular flexibility index (Phi) is 5.63. The van der Waals surface area contributed by atoms with Crippen LogP contribution in [-0.4, -0.2) is 54.2 Å². The number of nitrogens with zero attached hydrogens (tertiary/aromatic N) is 1. The molecule has 154 valence electrons. The molecular weight excluding hydrogens is 363 g/mol. The summed E-state index contributed by atoms with van der Waals surface area (Å²) in [7, 11) is 0. The number of nitrogens with two attached hydrogens (primary N) is 1. The molecule has 3 amide bonds. The Morgan fingerprint density at radius 1 is 1.32 bits per heavy atom. The minimum Gasteiger partial charge on any atom is -0.378 e. The van der Waals surface area contributed by atoms with E-state index in [0.29, 0.717) is 38.2 Å². The molecule has 2 fully saturated rings. The van der Waals surface area contributed by atoms with E-state index >= 15 is 0 Å². The van der Waals surface area contributed by atoms with Gasteiger partial charge in [-0.2, -0.15) is 0 Å². The summed E-state index contributed by atoms with van der Waals surface area (Å²) in [6.07, 6.45) is 1.14. The SMILES string of the molecule is CCOC1CC(N)(C(=O)N2CCC(NC(=O)Nc3ccc(F)cc3)C2)C1(C)C. The van der Waals surface area contributed by atoms with E-state index in [1.165, 1.54) is 24.3 Å². The predicted octanol–water partition coefficient (Wildman–Crippen LogP) is 2.08. The average molecular weight is 392 g/mol. The second-order valence-electron chi connectivity index (χ2n) is 8.18. The predicted molar refractivity (Wildman–Crippen MR) is 104 cm³/mol. The largest absolute Gasteiger partial charge is 0.378 e. The highest BCUT2D eigenvalue weighted by atomic mass is 19.1. The van der Waals surface area contributed by atoms with Crippen LogP contribution in [0.3, 0.4) is 0 Å². The van der Waals surface area contributed by atoms with Gasteiger partial charge in [0, 0.05) is 43.3 Å². The number of amides is 3. The fourth-order valence-electron chi connectivity index (χ4n) is 4.03. The van der Waals surface area contributed by atoms with Crippen molar-refractivity contribution in [3.05, 3.63) is 30.1 Å². The van der Waals surface area contributed by atoms with E-state index in [1.54, 1.807) is 4.90 Å². The molecule has 7 nitrogen and oxygen atoms in total. The number of anilines is 1. The van der Waals surface area contributed by atoms with Gasteiger partial charge in [-0.3, -0.25) is 4.79 Å². The number of urea groups is 1. The molecule has 3 unspecified atom stereocenters. The van der Waals surface area contributed by atoms with Crippen molar-refractivity contribution in [2.24, 2.45) is 11.1 Å². The van der Waals surface area contributed by atoms with Crippen LogP contribution in [0.25, 0.3) is 0 Å².